The second-order valence-electron chi connectivity index (χ2n) is 3.29. The third kappa shape index (κ3) is 3.68. The van der Waals surface area contributed by atoms with E-state index in [1.54, 1.807) is 22.9 Å². The van der Waals surface area contributed by atoms with Crippen LogP contribution in [-0.2, 0) is 27.3 Å². The van der Waals surface area contributed by atoms with E-state index in [1.165, 1.54) is 7.11 Å². The van der Waals surface area contributed by atoms with Crippen LogP contribution in [0.15, 0.2) is 24.4 Å². The highest BCUT2D eigenvalue weighted by Gasteiger charge is 2.14. The van der Waals surface area contributed by atoms with Gasteiger partial charge in [-0.1, -0.05) is 6.07 Å². The zero-order valence-corrected chi connectivity index (χ0v) is 9.05. The van der Waals surface area contributed by atoms with Gasteiger partial charge in [-0.3, -0.25) is 4.79 Å². The summed E-state index contributed by atoms with van der Waals surface area (Å²) in [5.74, 6) is -1.21. The van der Waals surface area contributed by atoms with Crippen molar-refractivity contribution in [3.63, 3.8) is 0 Å². The van der Waals surface area contributed by atoms with Crippen LogP contribution in [0.25, 0.3) is 0 Å². The Kier molecular flexibility index (Phi) is 4.44. The van der Waals surface area contributed by atoms with Gasteiger partial charge in [-0.2, -0.15) is 4.57 Å². The highest BCUT2D eigenvalue weighted by atomic mass is 16.5. The molecule has 0 aliphatic carbocycles. The summed E-state index contributed by atoms with van der Waals surface area (Å²) in [5, 5.41) is 8.70. The Bertz CT molecular complexity index is 389. The zero-order valence-electron chi connectivity index (χ0n) is 9.05. The number of hydrogen-bond donors (Lipinski definition) is 1. The molecule has 5 nitrogen and oxygen atoms in total. The molecule has 86 valence electrons. The van der Waals surface area contributed by atoms with Crippen LogP contribution in [0.5, 0.6) is 0 Å². The summed E-state index contributed by atoms with van der Waals surface area (Å²) >= 11 is 0. The molecule has 1 heterocycles. The molecule has 1 aromatic rings. The minimum Gasteiger partial charge on any atom is -0.477 e. The fourth-order valence-electron chi connectivity index (χ4n) is 1.37. The van der Waals surface area contributed by atoms with E-state index in [2.05, 4.69) is 4.74 Å². The van der Waals surface area contributed by atoms with E-state index in [1.807, 2.05) is 6.07 Å². The van der Waals surface area contributed by atoms with E-state index >= 15 is 0 Å². The number of hydrogen-bond acceptors (Lipinski definition) is 3. The first kappa shape index (κ1) is 12.2. The Morgan fingerprint density at radius 2 is 2.19 bits per heavy atom. The molecule has 0 saturated carbocycles. The number of aryl methyl sites for hydroxylation is 1. The van der Waals surface area contributed by atoms with Crippen LogP contribution < -0.4 is 4.57 Å². The monoisotopic (exact) mass is 224 g/mol. The van der Waals surface area contributed by atoms with Crippen LogP contribution in [0.2, 0.25) is 0 Å². The van der Waals surface area contributed by atoms with Crippen LogP contribution in [0, 0.1) is 0 Å². The number of ether oxygens (including phenoxy) is 1. The summed E-state index contributed by atoms with van der Waals surface area (Å²) in [6.07, 6.45) is 2.40. The molecule has 0 fully saturated rings. The first-order valence-electron chi connectivity index (χ1n) is 4.89. The van der Waals surface area contributed by atoms with Gasteiger partial charge in [0.25, 0.3) is 0 Å². The standard InChI is InChI=1S/C11H13NO4/c1-16-11(15)6-5-9-4-2-3-7-12(9)8-10(13)14/h2-4,7H,5-6,8H2,1H3/p+1. The summed E-state index contributed by atoms with van der Waals surface area (Å²) in [4.78, 5) is 21.6. The van der Waals surface area contributed by atoms with Crippen LogP contribution in [0.3, 0.4) is 0 Å². The van der Waals surface area contributed by atoms with Crippen molar-refractivity contribution in [1.82, 2.24) is 0 Å². The van der Waals surface area contributed by atoms with E-state index in [0.29, 0.717) is 6.42 Å². The molecule has 0 amide bonds. The molecule has 0 radical (unpaired) electrons. The van der Waals surface area contributed by atoms with Crippen molar-refractivity contribution < 1.29 is 24.0 Å². The van der Waals surface area contributed by atoms with E-state index < -0.39 is 5.97 Å². The summed E-state index contributed by atoms with van der Waals surface area (Å²) in [7, 11) is 1.33. The van der Waals surface area contributed by atoms with Gasteiger partial charge in [0.15, 0.2) is 11.9 Å². The quantitative estimate of drug-likeness (QED) is 0.571. The second kappa shape index (κ2) is 5.85. The smallest absolute Gasteiger partial charge is 0.370 e. The van der Waals surface area contributed by atoms with Crippen LogP contribution >= 0.6 is 0 Å². The predicted octanol–water partition coefficient (Wildman–Crippen LogP) is 0.164. The van der Waals surface area contributed by atoms with Crippen LogP contribution in [0.4, 0.5) is 0 Å². The van der Waals surface area contributed by atoms with E-state index in [4.69, 9.17) is 5.11 Å². The van der Waals surface area contributed by atoms with Crippen molar-refractivity contribution >= 4 is 11.9 Å². The molecule has 0 atom stereocenters. The second-order valence-corrected chi connectivity index (χ2v) is 3.29. The molecule has 0 bridgehead atoms. The Balaban J connectivity index is 2.70. The van der Waals surface area contributed by atoms with Crippen LogP contribution in [0.1, 0.15) is 12.1 Å². The normalized spacial score (nSPS) is 9.81. The van der Waals surface area contributed by atoms with Crippen LogP contribution in [-0.4, -0.2) is 24.2 Å². The summed E-state index contributed by atoms with van der Waals surface area (Å²) < 4.78 is 6.13. The van der Waals surface area contributed by atoms with Gasteiger partial charge in [0.1, 0.15) is 0 Å². The average Bonchev–Trinajstić information content (AvgIpc) is 2.26. The van der Waals surface area contributed by atoms with Gasteiger partial charge in [-0.15, -0.1) is 0 Å². The van der Waals surface area contributed by atoms with Crippen molar-refractivity contribution in [3.8, 4) is 0 Å². The van der Waals surface area contributed by atoms with Gasteiger partial charge >= 0.3 is 11.9 Å². The number of aliphatic carboxylic acids is 1. The highest BCUT2D eigenvalue weighted by Crippen LogP contribution is 1.98. The first-order valence-corrected chi connectivity index (χ1v) is 4.89. The Hall–Kier alpha value is -1.91. The fourth-order valence-corrected chi connectivity index (χ4v) is 1.37. The lowest BCUT2D eigenvalue weighted by molar-refractivity contribution is -0.693. The minimum absolute atomic E-state index is 0.0999. The molecular weight excluding hydrogens is 210 g/mol. The number of carboxylic acids is 1. The Morgan fingerprint density at radius 1 is 1.44 bits per heavy atom. The molecule has 0 aliphatic rings. The number of methoxy groups -OCH3 is 1. The van der Waals surface area contributed by atoms with Crippen molar-refractivity contribution in [3.05, 3.63) is 30.1 Å². The lowest BCUT2D eigenvalue weighted by atomic mass is 10.2. The molecule has 0 aromatic carbocycles. The number of rotatable bonds is 5. The molecular formula is C11H14NO4+. The van der Waals surface area contributed by atoms with Gasteiger partial charge in [0.05, 0.1) is 13.5 Å². The Labute approximate surface area is 93.3 Å². The van der Waals surface area contributed by atoms with E-state index in [0.717, 1.165) is 5.69 Å². The molecule has 0 spiro atoms. The fraction of sp³-hybridized carbons (Fsp3) is 0.364. The molecule has 5 heteroatoms. The van der Waals surface area contributed by atoms with Gasteiger partial charge in [0, 0.05) is 18.6 Å². The van der Waals surface area contributed by atoms with E-state index in [9.17, 15) is 9.59 Å². The number of carbonyl (C=O) groups excluding carboxylic acids is 1. The Morgan fingerprint density at radius 3 is 2.81 bits per heavy atom. The predicted molar refractivity (Wildman–Crippen MR) is 54.6 cm³/mol. The number of carboxylic acid groups (broad SMARTS) is 1. The van der Waals surface area contributed by atoms with Crippen molar-refractivity contribution in [1.29, 1.82) is 0 Å². The lowest BCUT2D eigenvalue weighted by Gasteiger charge is -2.01. The maximum Gasteiger partial charge on any atom is 0.370 e. The number of carbonyl (C=O) groups is 2. The number of esters is 1. The summed E-state index contributed by atoms with van der Waals surface area (Å²) in [6, 6.07) is 5.36. The number of pyridine rings is 1. The third-order valence-corrected chi connectivity index (χ3v) is 2.15. The average molecular weight is 224 g/mol. The first-order chi connectivity index (χ1) is 7.63. The maximum atomic E-state index is 11.0. The highest BCUT2D eigenvalue weighted by molar-refractivity contribution is 5.69. The van der Waals surface area contributed by atoms with Crippen molar-refractivity contribution in [2.75, 3.05) is 7.11 Å². The number of nitrogens with zero attached hydrogens (tertiary/aromatic N) is 1. The van der Waals surface area contributed by atoms with E-state index in [-0.39, 0.29) is 18.9 Å². The molecule has 0 unspecified atom stereocenters. The lowest BCUT2D eigenvalue weighted by Crippen LogP contribution is -2.41. The molecule has 1 N–H and O–H groups in total. The summed E-state index contributed by atoms with van der Waals surface area (Å²) in [6.45, 7) is -0.0999. The third-order valence-electron chi connectivity index (χ3n) is 2.15. The molecule has 16 heavy (non-hydrogen) atoms. The van der Waals surface area contributed by atoms with Crippen molar-refractivity contribution in [2.24, 2.45) is 0 Å². The molecule has 1 aromatic heterocycles. The van der Waals surface area contributed by atoms with Gasteiger partial charge in [0.2, 0.25) is 6.54 Å². The van der Waals surface area contributed by atoms with Gasteiger partial charge in [-0.05, 0) is 0 Å². The maximum absolute atomic E-state index is 11.0. The SMILES string of the molecule is COC(=O)CCc1cccc[n+]1CC(=O)O. The van der Waals surface area contributed by atoms with Gasteiger partial charge in [-0.25, -0.2) is 4.79 Å². The number of aromatic nitrogens is 1. The molecule has 0 saturated heterocycles. The summed E-state index contributed by atoms with van der Waals surface area (Å²) in [5.41, 5.74) is 0.801. The molecule has 1 rings (SSSR count). The minimum atomic E-state index is -0.907. The van der Waals surface area contributed by atoms with Gasteiger partial charge < -0.3 is 9.84 Å². The largest absolute Gasteiger partial charge is 0.477 e. The topological polar surface area (TPSA) is 67.5 Å². The zero-order chi connectivity index (χ0) is 12.0. The molecule has 0 aliphatic heterocycles. The van der Waals surface area contributed by atoms with Crippen molar-refractivity contribution in [2.45, 2.75) is 19.4 Å².